The Morgan fingerprint density at radius 2 is 2.14 bits per heavy atom. The minimum Gasteiger partial charge on any atom is -0.393 e. The molecule has 0 fully saturated rings. The molecule has 0 spiro atoms. The van der Waals surface area contributed by atoms with Crippen molar-refractivity contribution in [1.29, 1.82) is 0 Å². The molecule has 0 bridgehead atoms. The maximum atomic E-state index is 12.3. The molecular formula is C15H18N4OS. The van der Waals surface area contributed by atoms with Crippen molar-refractivity contribution in [3.05, 3.63) is 48.3 Å². The van der Waals surface area contributed by atoms with Crippen LogP contribution >= 0.6 is 12.2 Å². The fourth-order valence-corrected chi connectivity index (χ4v) is 2.19. The Kier molecular flexibility index (Phi) is 5.05. The average molecular weight is 302 g/mol. The minimum absolute atomic E-state index is 0.194. The lowest BCUT2D eigenvalue weighted by atomic mass is 9.98. The minimum atomic E-state index is -0.535. The molecule has 1 aromatic heterocycles. The maximum absolute atomic E-state index is 12.3. The van der Waals surface area contributed by atoms with Crippen molar-refractivity contribution in [3.8, 4) is 0 Å². The van der Waals surface area contributed by atoms with Gasteiger partial charge in [-0.05, 0) is 18.9 Å². The molecule has 0 aliphatic rings. The number of anilines is 1. The number of aromatic nitrogens is 2. The summed E-state index contributed by atoms with van der Waals surface area (Å²) in [6.45, 7) is 2.73. The predicted molar refractivity (Wildman–Crippen MR) is 87.0 cm³/mol. The first kappa shape index (κ1) is 15.2. The van der Waals surface area contributed by atoms with Gasteiger partial charge in [-0.15, -0.1) is 0 Å². The molecule has 3 N–H and O–H groups in total. The molecule has 1 aromatic carbocycles. The number of carbonyl (C=O) groups excluding carboxylic acids is 1. The third-order valence-corrected chi connectivity index (χ3v) is 3.45. The van der Waals surface area contributed by atoms with Gasteiger partial charge >= 0.3 is 0 Å². The smallest absolute Gasteiger partial charge is 0.234 e. The number of nitrogens with zero attached hydrogens (tertiary/aromatic N) is 2. The summed E-state index contributed by atoms with van der Waals surface area (Å²) in [5.74, 6) is -0.741. The molecule has 0 saturated carbocycles. The molecule has 1 unspecified atom stereocenters. The third kappa shape index (κ3) is 4.13. The van der Waals surface area contributed by atoms with Crippen molar-refractivity contribution in [2.24, 2.45) is 11.7 Å². The van der Waals surface area contributed by atoms with E-state index in [0.717, 1.165) is 12.1 Å². The van der Waals surface area contributed by atoms with Crippen LogP contribution in [0.1, 0.15) is 12.5 Å². The van der Waals surface area contributed by atoms with Gasteiger partial charge in [-0.25, -0.2) is 0 Å². The summed E-state index contributed by atoms with van der Waals surface area (Å²) in [6, 6.07) is 9.68. The van der Waals surface area contributed by atoms with Crippen LogP contribution in [-0.4, -0.2) is 20.7 Å². The van der Waals surface area contributed by atoms with Crippen molar-refractivity contribution in [2.75, 3.05) is 5.32 Å². The van der Waals surface area contributed by atoms with Gasteiger partial charge in [0, 0.05) is 12.7 Å². The lowest BCUT2D eigenvalue weighted by Gasteiger charge is -2.14. The molecule has 0 radical (unpaired) electrons. The molecule has 2 aromatic rings. The first-order chi connectivity index (χ1) is 10.1. The summed E-state index contributed by atoms with van der Waals surface area (Å²) in [5.41, 5.74) is 7.39. The molecule has 1 amide bonds. The number of aryl methyl sites for hydroxylation is 1. The molecule has 5 nitrogen and oxygen atoms in total. The van der Waals surface area contributed by atoms with Gasteiger partial charge in [0.25, 0.3) is 0 Å². The topological polar surface area (TPSA) is 72.9 Å². The number of carbonyl (C=O) groups is 1. The standard InChI is InChI=1S/C15H18N4OS/c1-2-19-10-12(9-17-19)18-15(20)13(14(16)21)8-11-6-4-3-5-7-11/h3-7,9-10,13H,2,8H2,1H3,(H2,16,21)(H,18,20). The van der Waals surface area contributed by atoms with Crippen LogP contribution < -0.4 is 11.1 Å². The number of hydrogen-bond acceptors (Lipinski definition) is 3. The normalized spacial score (nSPS) is 11.9. The highest BCUT2D eigenvalue weighted by Gasteiger charge is 2.22. The Bertz CT molecular complexity index is 624. The molecule has 6 heteroatoms. The summed E-state index contributed by atoms with van der Waals surface area (Å²) in [4.78, 5) is 12.5. The van der Waals surface area contributed by atoms with E-state index in [4.69, 9.17) is 18.0 Å². The summed E-state index contributed by atoms with van der Waals surface area (Å²) in [6.07, 6.45) is 3.88. The summed E-state index contributed by atoms with van der Waals surface area (Å²) in [5, 5.41) is 6.92. The van der Waals surface area contributed by atoms with E-state index in [-0.39, 0.29) is 10.9 Å². The van der Waals surface area contributed by atoms with Crippen molar-refractivity contribution in [1.82, 2.24) is 9.78 Å². The molecule has 110 valence electrons. The zero-order valence-electron chi connectivity index (χ0n) is 11.8. The van der Waals surface area contributed by atoms with Gasteiger partial charge in [0.15, 0.2) is 0 Å². The van der Waals surface area contributed by atoms with Gasteiger partial charge in [0.2, 0.25) is 5.91 Å². The Labute approximate surface area is 129 Å². The van der Waals surface area contributed by atoms with Crippen molar-refractivity contribution < 1.29 is 4.79 Å². The summed E-state index contributed by atoms with van der Waals surface area (Å²) < 4.78 is 1.74. The number of rotatable bonds is 6. The number of nitrogens with one attached hydrogen (secondary N) is 1. The van der Waals surface area contributed by atoms with E-state index in [1.807, 2.05) is 37.3 Å². The third-order valence-electron chi connectivity index (χ3n) is 3.17. The summed E-state index contributed by atoms with van der Waals surface area (Å²) in [7, 11) is 0. The highest BCUT2D eigenvalue weighted by Crippen LogP contribution is 2.13. The fourth-order valence-electron chi connectivity index (χ4n) is 2.00. The van der Waals surface area contributed by atoms with Crippen LogP contribution in [0.3, 0.4) is 0 Å². The van der Waals surface area contributed by atoms with Crippen LogP contribution in [0.5, 0.6) is 0 Å². The Morgan fingerprint density at radius 1 is 1.43 bits per heavy atom. The quantitative estimate of drug-likeness (QED) is 0.800. The second-order valence-corrected chi connectivity index (χ2v) is 5.19. The van der Waals surface area contributed by atoms with Crippen LogP contribution in [0, 0.1) is 5.92 Å². The molecule has 0 saturated heterocycles. The largest absolute Gasteiger partial charge is 0.393 e. The van der Waals surface area contributed by atoms with Gasteiger partial charge in [0.05, 0.1) is 22.8 Å². The van der Waals surface area contributed by atoms with Gasteiger partial charge in [-0.3, -0.25) is 9.48 Å². The number of hydrogen-bond donors (Lipinski definition) is 2. The summed E-state index contributed by atoms with van der Waals surface area (Å²) >= 11 is 5.03. The maximum Gasteiger partial charge on any atom is 0.234 e. The van der Waals surface area contributed by atoms with Gasteiger partial charge < -0.3 is 11.1 Å². The molecule has 2 rings (SSSR count). The highest BCUT2D eigenvalue weighted by atomic mass is 32.1. The van der Waals surface area contributed by atoms with E-state index in [2.05, 4.69) is 10.4 Å². The fraction of sp³-hybridized carbons (Fsp3) is 0.267. The molecule has 0 aliphatic carbocycles. The average Bonchev–Trinajstić information content (AvgIpc) is 2.93. The molecular weight excluding hydrogens is 284 g/mol. The SMILES string of the molecule is CCn1cc(NC(=O)C(Cc2ccccc2)C(N)=S)cn1. The second kappa shape index (κ2) is 6.99. The van der Waals surface area contributed by atoms with E-state index in [1.54, 1.807) is 17.1 Å². The van der Waals surface area contributed by atoms with Crippen LogP contribution in [0.15, 0.2) is 42.7 Å². The Hall–Kier alpha value is -2.21. The van der Waals surface area contributed by atoms with Gasteiger partial charge in [-0.2, -0.15) is 5.10 Å². The first-order valence-corrected chi connectivity index (χ1v) is 7.17. The van der Waals surface area contributed by atoms with Crippen LogP contribution in [0.4, 0.5) is 5.69 Å². The lowest BCUT2D eigenvalue weighted by Crippen LogP contribution is -2.34. The van der Waals surface area contributed by atoms with Crippen LogP contribution in [0.2, 0.25) is 0 Å². The van der Waals surface area contributed by atoms with E-state index < -0.39 is 5.92 Å². The van der Waals surface area contributed by atoms with E-state index >= 15 is 0 Å². The van der Waals surface area contributed by atoms with Crippen LogP contribution in [0.25, 0.3) is 0 Å². The Morgan fingerprint density at radius 3 is 2.71 bits per heavy atom. The number of benzene rings is 1. The predicted octanol–water partition coefficient (Wildman–Crippen LogP) is 1.99. The molecule has 1 heterocycles. The lowest BCUT2D eigenvalue weighted by molar-refractivity contribution is -0.118. The molecule has 1 atom stereocenters. The van der Waals surface area contributed by atoms with Crippen molar-refractivity contribution in [2.45, 2.75) is 19.9 Å². The monoisotopic (exact) mass is 302 g/mol. The second-order valence-electron chi connectivity index (χ2n) is 4.72. The zero-order valence-corrected chi connectivity index (χ0v) is 12.6. The number of nitrogens with two attached hydrogens (primary N) is 1. The van der Waals surface area contributed by atoms with Gasteiger partial charge in [0.1, 0.15) is 0 Å². The van der Waals surface area contributed by atoms with Crippen LogP contribution in [-0.2, 0) is 17.8 Å². The Balaban J connectivity index is 2.07. The highest BCUT2D eigenvalue weighted by molar-refractivity contribution is 7.80. The number of amides is 1. The van der Waals surface area contributed by atoms with E-state index in [1.165, 1.54) is 0 Å². The van der Waals surface area contributed by atoms with Gasteiger partial charge in [-0.1, -0.05) is 42.5 Å². The molecule has 0 aliphatic heterocycles. The zero-order chi connectivity index (χ0) is 15.2. The van der Waals surface area contributed by atoms with E-state index in [0.29, 0.717) is 12.1 Å². The van der Waals surface area contributed by atoms with E-state index in [9.17, 15) is 4.79 Å². The van der Waals surface area contributed by atoms with Crippen molar-refractivity contribution in [3.63, 3.8) is 0 Å². The number of thiocarbonyl (C=S) groups is 1. The van der Waals surface area contributed by atoms with Crippen molar-refractivity contribution >= 4 is 28.8 Å². The first-order valence-electron chi connectivity index (χ1n) is 6.76. The molecule has 21 heavy (non-hydrogen) atoms.